The molecule has 0 aliphatic carbocycles. The van der Waals surface area contributed by atoms with E-state index in [-0.39, 0.29) is 12.0 Å². The third kappa shape index (κ3) is 3.33. The molecule has 8 heteroatoms. The molecule has 1 fully saturated rings. The van der Waals surface area contributed by atoms with Crippen LogP contribution in [0, 0.1) is 0 Å². The van der Waals surface area contributed by atoms with Gasteiger partial charge in [0.15, 0.2) is 0 Å². The summed E-state index contributed by atoms with van der Waals surface area (Å²) >= 11 is 0. The van der Waals surface area contributed by atoms with Crippen molar-refractivity contribution in [3.8, 4) is 5.82 Å². The van der Waals surface area contributed by atoms with Crippen molar-refractivity contribution in [2.75, 3.05) is 20.6 Å². The van der Waals surface area contributed by atoms with Gasteiger partial charge in [-0.2, -0.15) is 17.0 Å². The van der Waals surface area contributed by atoms with E-state index in [0.717, 1.165) is 30.2 Å². The number of hydrogen-bond donors (Lipinski definition) is 0. The van der Waals surface area contributed by atoms with Crippen molar-refractivity contribution < 1.29 is 8.42 Å². The molecular weight excluding hydrogens is 338 g/mol. The third-order valence-corrected chi connectivity index (χ3v) is 6.44. The molecule has 0 N–H and O–H groups in total. The second kappa shape index (κ2) is 6.86. The Labute approximate surface area is 149 Å². The van der Waals surface area contributed by atoms with E-state index in [1.807, 2.05) is 29.0 Å². The standard InChI is InChI=1S/C17H25N5O2S/c1-13(2)17-18-10-12-21(17)16-9-5-7-14(19-16)15-8-6-11-22(15)25(23,24)20(3)4/h5,7,9-10,12-13,15H,6,8,11H2,1-4H3/t15-/m1/s1. The molecule has 0 bridgehead atoms. The lowest BCUT2D eigenvalue weighted by Crippen LogP contribution is -2.39. The fraction of sp³-hybridized carbons (Fsp3) is 0.529. The lowest BCUT2D eigenvalue weighted by molar-refractivity contribution is 0.358. The van der Waals surface area contributed by atoms with E-state index >= 15 is 0 Å². The van der Waals surface area contributed by atoms with Gasteiger partial charge in [-0.25, -0.2) is 9.97 Å². The summed E-state index contributed by atoms with van der Waals surface area (Å²) in [7, 11) is -0.326. The molecule has 25 heavy (non-hydrogen) atoms. The van der Waals surface area contributed by atoms with Crippen molar-refractivity contribution in [2.45, 2.75) is 38.6 Å². The van der Waals surface area contributed by atoms with Gasteiger partial charge in [-0.15, -0.1) is 0 Å². The molecule has 1 atom stereocenters. The predicted octanol–water partition coefficient (Wildman–Crippen LogP) is 2.33. The van der Waals surface area contributed by atoms with Gasteiger partial charge in [-0.1, -0.05) is 19.9 Å². The highest BCUT2D eigenvalue weighted by atomic mass is 32.2. The van der Waals surface area contributed by atoms with Crippen molar-refractivity contribution in [1.29, 1.82) is 0 Å². The van der Waals surface area contributed by atoms with Crippen LogP contribution in [0.1, 0.15) is 50.2 Å². The van der Waals surface area contributed by atoms with Crippen molar-refractivity contribution in [3.63, 3.8) is 0 Å². The smallest absolute Gasteiger partial charge is 0.282 e. The number of nitrogens with zero attached hydrogens (tertiary/aromatic N) is 5. The molecule has 1 aliphatic rings. The van der Waals surface area contributed by atoms with Gasteiger partial charge in [0.05, 0.1) is 11.7 Å². The van der Waals surface area contributed by atoms with E-state index < -0.39 is 10.2 Å². The van der Waals surface area contributed by atoms with Crippen LogP contribution in [0.15, 0.2) is 30.6 Å². The minimum atomic E-state index is -3.45. The first-order chi connectivity index (χ1) is 11.8. The summed E-state index contributed by atoms with van der Waals surface area (Å²) in [4.78, 5) is 9.17. The van der Waals surface area contributed by atoms with Gasteiger partial charge in [0, 0.05) is 39.0 Å². The Kier molecular flexibility index (Phi) is 4.95. The van der Waals surface area contributed by atoms with Crippen LogP contribution < -0.4 is 0 Å². The summed E-state index contributed by atoms with van der Waals surface area (Å²) in [5.41, 5.74) is 0.781. The first kappa shape index (κ1) is 18.0. The number of aromatic nitrogens is 3. The zero-order valence-electron chi connectivity index (χ0n) is 15.1. The molecule has 2 aromatic rings. The van der Waals surface area contributed by atoms with Crippen molar-refractivity contribution >= 4 is 10.2 Å². The SMILES string of the molecule is CC(C)c1nccn1-c1cccc([C@H]2CCCN2S(=O)(=O)N(C)C)n1. The number of hydrogen-bond acceptors (Lipinski definition) is 4. The summed E-state index contributed by atoms with van der Waals surface area (Å²) in [5.74, 6) is 1.99. The van der Waals surface area contributed by atoms with Crippen LogP contribution >= 0.6 is 0 Å². The van der Waals surface area contributed by atoms with E-state index in [0.29, 0.717) is 6.54 Å². The molecule has 7 nitrogen and oxygen atoms in total. The monoisotopic (exact) mass is 363 g/mol. The zero-order chi connectivity index (χ0) is 18.2. The van der Waals surface area contributed by atoms with Crippen LogP contribution in [-0.2, 0) is 10.2 Å². The first-order valence-electron chi connectivity index (χ1n) is 8.52. The lowest BCUT2D eigenvalue weighted by Gasteiger charge is -2.26. The maximum absolute atomic E-state index is 12.6. The molecule has 3 heterocycles. The van der Waals surface area contributed by atoms with Gasteiger partial charge in [0.25, 0.3) is 10.2 Å². The molecule has 2 aromatic heterocycles. The molecule has 0 unspecified atom stereocenters. The number of rotatable bonds is 5. The minimum Gasteiger partial charge on any atom is -0.288 e. The molecule has 3 rings (SSSR count). The van der Waals surface area contributed by atoms with E-state index in [4.69, 9.17) is 4.98 Å². The lowest BCUT2D eigenvalue weighted by atomic mass is 10.1. The van der Waals surface area contributed by atoms with Gasteiger partial charge in [-0.05, 0) is 25.0 Å². The summed E-state index contributed by atoms with van der Waals surface area (Å²) in [6, 6.07) is 5.54. The molecule has 136 valence electrons. The van der Waals surface area contributed by atoms with Crippen LogP contribution in [0.3, 0.4) is 0 Å². The highest BCUT2D eigenvalue weighted by Gasteiger charge is 2.37. The fourth-order valence-electron chi connectivity index (χ4n) is 3.22. The van der Waals surface area contributed by atoms with Gasteiger partial charge >= 0.3 is 0 Å². The summed E-state index contributed by atoms with van der Waals surface area (Å²) in [5, 5.41) is 0. The normalized spacial score (nSPS) is 19.2. The molecule has 0 amide bonds. The molecule has 0 aromatic carbocycles. The maximum Gasteiger partial charge on any atom is 0.282 e. The van der Waals surface area contributed by atoms with E-state index in [1.165, 1.54) is 4.31 Å². The van der Waals surface area contributed by atoms with E-state index in [1.54, 1.807) is 24.6 Å². The molecule has 0 spiro atoms. The maximum atomic E-state index is 12.6. The highest BCUT2D eigenvalue weighted by Crippen LogP contribution is 2.34. The molecule has 0 saturated carbocycles. The van der Waals surface area contributed by atoms with Gasteiger partial charge < -0.3 is 0 Å². The van der Waals surface area contributed by atoms with Crippen molar-refractivity contribution in [3.05, 3.63) is 42.1 Å². The van der Waals surface area contributed by atoms with Crippen LogP contribution in [0.25, 0.3) is 5.82 Å². The number of pyridine rings is 1. The van der Waals surface area contributed by atoms with Gasteiger partial charge in [-0.3, -0.25) is 4.57 Å². The molecular formula is C17H25N5O2S. The summed E-state index contributed by atoms with van der Waals surface area (Å²) in [6.45, 7) is 4.70. The second-order valence-corrected chi connectivity index (χ2v) is 8.88. The topological polar surface area (TPSA) is 71.3 Å². The predicted molar refractivity (Wildman–Crippen MR) is 96.7 cm³/mol. The summed E-state index contributed by atoms with van der Waals surface area (Å²) < 4.78 is 29.9. The van der Waals surface area contributed by atoms with Crippen LogP contribution in [0.2, 0.25) is 0 Å². The highest BCUT2D eigenvalue weighted by molar-refractivity contribution is 7.86. The van der Waals surface area contributed by atoms with E-state index in [2.05, 4.69) is 18.8 Å². The van der Waals surface area contributed by atoms with E-state index in [9.17, 15) is 8.42 Å². The molecule has 0 radical (unpaired) electrons. The Morgan fingerprint density at radius 2 is 2.04 bits per heavy atom. The second-order valence-electron chi connectivity index (χ2n) is 6.79. The van der Waals surface area contributed by atoms with Crippen LogP contribution in [0.4, 0.5) is 0 Å². The molecule has 1 saturated heterocycles. The van der Waals surface area contributed by atoms with Crippen molar-refractivity contribution in [2.24, 2.45) is 0 Å². The van der Waals surface area contributed by atoms with Crippen LogP contribution in [0.5, 0.6) is 0 Å². The Hall–Kier alpha value is -1.77. The average Bonchev–Trinajstić information content (AvgIpc) is 3.24. The average molecular weight is 363 g/mol. The number of imidazole rings is 1. The third-order valence-electron chi connectivity index (χ3n) is 4.49. The van der Waals surface area contributed by atoms with Crippen LogP contribution in [-0.4, -0.2) is 52.2 Å². The first-order valence-corrected chi connectivity index (χ1v) is 9.92. The molecule has 1 aliphatic heterocycles. The zero-order valence-corrected chi connectivity index (χ0v) is 15.9. The quantitative estimate of drug-likeness (QED) is 0.817. The Bertz CT molecular complexity index is 844. The Morgan fingerprint density at radius 3 is 2.72 bits per heavy atom. The summed E-state index contributed by atoms with van der Waals surface area (Å²) in [6.07, 6.45) is 5.28. The fourth-order valence-corrected chi connectivity index (χ4v) is 4.53. The van der Waals surface area contributed by atoms with Gasteiger partial charge in [0.2, 0.25) is 0 Å². The minimum absolute atomic E-state index is 0.224. The van der Waals surface area contributed by atoms with Gasteiger partial charge in [0.1, 0.15) is 11.6 Å². The largest absolute Gasteiger partial charge is 0.288 e. The van der Waals surface area contributed by atoms with Crippen molar-refractivity contribution in [1.82, 2.24) is 23.1 Å². The Balaban J connectivity index is 1.98. The Morgan fingerprint density at radius 1 is 1.28 bits per heavy atom.